The molecule has 126 valence electrons. The highest BCUT2D eigenvalue weighted by molar-refractivity contribution is 5.85. The lowest BCUT2D eigenvalue weighted by molar-refractivity contribution is -0.138. The number of hydrogen-bond acceptors (Lipinski definition) is 4. The van der Waals surface area contributed by atoms with Crippen LogP contribution >= 0.6 is 0 Å². The Balaban J connectivity index is 1.54. The van der Waals surface area contributed by atoms with Crippen LogP contribution in [0, 0.1) is 5.41 Å². The Kier molecular flexibility index (Phi) is 4.43. The zero-order valence-electron chi connectivity index (χ0n) is 14.1. The Morgan fingerprint density at radius 2 is 2.22 bits per heavy atom. The lowest BCUT2D eigenvalue weighted by Gasteiger charge is -2.40. The molecule has 1 aromatic rings. The van der Waals surface area contributed by atoms with Crippen LogP contribution in [0.3, 0.4) is 0 Å². The maximum Gasteiger partial charge on any atom is 0.242 e. The molecule has 3 rings (SSSR count). The number of hydrogen-bond donors (Lipinski definition) is 1. The molecular weight excluding hydrogens is 290 g/mol. The van der Waals surface area contributed by atoms with Gasteiger partial charge in [0.25, 0.3) is 0 Å². The number of amides is 1. The number of piperidine rings is 1. The summed E-state index contributed by atoms with van der Waals surface area (Å²) in [6.45, 7) is 5.96. The zero-order valence-corrected chi connectivity index (χ0v) is 14.1. The van der Waals surface area contributed by atoms with Crippen LogP contribution < -0.4 is 5.73 Å². The van der Waals surface area contributed by atoms with E-state index in [0.717, 1.165) is 45.4 Å². The molecule has 0 unspecified atom stereocenters. The second kappa shape index (κ2) is 6.21. The highest BCUT2D eigenvalue weighted by Crippen LogP contribution is 2.42. The molecule has 2 aliphatic rings. The van der Waals surface area contributed by atoms with Crippen molar-refractivity contribution >= 4 is 5.91 Å². The summed E-state index contributed by atoms with van der Waals surface area (Å²) < 4.78 is 6.06. The van der Waals surface area contributed by atoms with E-state index in [1.807, 2.05) is 17.2 Å². The first-order chi connectivity index (χ1) is 10.9. The van der Waals surface area contributed by atoms with E-state index in [9.17, 15) is 4.79 Å². The molecule has 0 aromatic carbocycles. The lowest BCUT2D eigenvalue weighted by atomic mass is 9.76. The Hall–Kier alpha value is -1.46. The van der Waals surface area contributed by atoms with Crippen molar-refractivity contribution in [2.75, 3.05) is 19.7 Å². The molecule has 1 spiro atoms. The quantitative estimate of drug-likeness (QED) is 0.922. The minimum absolute atomic E-state index is 0.0539. The number of carbonyl (C=O) groups excluding carboxylic acids is 1. The molecule has 1 aromatic heterocycles. The number of likely N-dealkylation sites (tertiary alicyclic amines) is 1. The number of nitrogens with two attached hydrogens (primary N) is 1. The third-order valence-electron chi connectivity index (χ3n) is 5.13. The molecule has 0 radical (unpaired) electrons. The van der Waals surface area contributed by atoms with E-state index in [0.29, 0.717) is 0 Å². The van der Waals surface area contributed by atoms with E-state index in [4.69, 9.17) is 10.5 Å². The standard InChI is InChI=1S/C18H27N3O2/c1-17(2,19)16(22)21-8-5-18(6-9-21)11-15(23-13-18)10-14-4-3-7-20-12-14/h3-4,7,12,15H,5-6,8-11,13,19H2,1-2H3/t15-/m0/s1. The second-order valence-corrected chi connectivity index (χ2v) is 7.72. The van der Waals surface area contributed by atoms with Crippen LogP contribution in [-0.4, -0.2) is 47.1 Å². The van der Waals surface area contributed by atoms with Crippen LogP contribution in [0.2, 0.25) is 0 Å². The van der Waals surface area contributed by atoms with Gasteiger partial charge in [0.15, 0.2) is 0 Å². The molecule has 2 saturated heterocycles. The van der Waals surface area contributed by atoms with E-state index >= 15 is 0 Å². The van der Waals surface area contributed by atoms with Crippen LogP contribution in [-0.2, 0) is 16.0 Å². The van der Waals surface area contributed by atoms with Crippen LogP contribution in [0.1, 0.15) is 38.7 Å². The molecule has 0 saturated carbocycles. The van der Waals surface area contributed by atoms with Crippen LogP contribution in [0.4, 0.5) is 0 Å². The van der Waals surface area contributed by atoms with Gasteiger partial charge in [0.1, 0.15) is 0 Å². The molecule has 3 heterocycles. The van der Waals surface area contributed by atoms with E-state index in [-0.39, 0.29) is 17.4 Å². The lowest BCUT2D eigenvalue weighted by Crippen LogP contribution is -2.54. The van der Waals surface area contributed by atoms with Crippen molar-refractivity contribution in [3.63, 3.8) is 0 Å². The number of rotatable bonds is 3. The molecule has 2 fully saturated rings. The summed E-state index contributed by atoms with van der Waals surface area (Å²) in [5, 5.41) is 0. The summed E-state index contributed by atoms with van der Waals surface area (Å²) in [6, 6.07) is 4.07. The molecule has 23 heavy (non-hydrogen) atoms. The van der Waals surface area contributed by atoms with E-state index < -0.39 is 5.54 Å². The van der Waals surface area contributed by atoms with Crippen molar-refractivity contribution in [3.05, 3.63) is 30.1 Å². The third-order valence-corrected chi connectivity index (χ3v) is 5.13. The first-order valence-corrected chi connectivity index (χ1v) is 8.47. The Bertz CT molecular complexity index is 545. The number of carbonyl (C=O) groups is 1. The predicted octanol–water partition coefficient (Wildman–Crippen LogP) is 1.76. The Morgan fingerprint density at radius 1 is 1.48 bits per heavy atom. The maximum absolute atomic E-state index is 12.3. The second-order valence-electron chi connectivity index (χ2n) is 7.72. The third kappa shape index (κ3) is 3.72. The van der Waals surface area contributed by atoms with Gasteiger partial charge in [0, 0.05) is 31.9 Å². The van der Waals surface area contributed by atoms with Crippen molar-refractivity contribution in [3.8, 4) is 0 Å². The summed E-state index contributed by atoms with van der Waals surface area (Å²) >= 11 is 0. The molecule has 0 aliphatic carbocycles. The topological polar surface area (TPSA) is 68.5 Å². The van der Waals surface area contributed by atoms with Crippen molar-refractivity contribution in [1.82, 2.24) is 9.88 Å². The van der Waals surface area contributed by atoms with Gasteiger partial charge in [0.2, 0.25) is 5.91 Å². The van der Waals surface area contributed by atoms with Gasteiger partial charge in [-0.25, -0.2) is 0 Å². The average Bonchev–Trinajstić information content (AvgIpc) is 2.90. The Labute approximate surface area is 138 Å². The van der Waals surface area contributed by atoms with Crippen LogP contribution in [0.5, 0.6) is 0 Å². The number of ether oxygens (including phenoxy) is 1. The van der Waals surface area contributed by atoms with Crippen LogP contribution in [0.25, 0.3) is 0 Å². The smallest absolute Gasteiger partial charge is 0.242 e. The highest BCUT2D eigenvalue weighted by atomic mass is 16.5. The number of pyridine rings is 1. The van der Waals surface area contributed by atoms with E-state index in [2.05, 4.69) is 11.1 Å². The summed E-state index contributed by atoms with van der Waals surface area (Å²) in [5.41, 5.74) is 6.63. The van der Waals surface area contributed by atoms with Gasteiger partial charge in [-0.3, -0.25) is 9.78 Å². The molecule has 1 atom stereocenters. The van der Waals surface area contributed by atoms with Crippen LogP contribution in [0.15, 0.2) is 24.5 Å². The molecule has 5 nitrogen and oxygen atoms in total. The number of nitrogens with zero attached hydrogens (tertiary/aromatic N) is 2. The van der Waals surface area contributed by atoms with Crippen molar-refractivity contribution in [1.29, 1.82) is 0 Å². The van der Waals surface area contributed by atoms with E-state index in [1.54, 1.807) is 20.0 Å². The first-order valence-electron chi connectivity index (χ1n) is 8.47. The summed E-state index contributed by atoms with van der Waals surface area (Å²) in [6.07, 6.45) is 8.01. The van der Waals surface area contributed by atoms with Gasteiger partial charge >= 0.3 is 0 Å². The fraction of sp³-hybridized carbons (Fsp3) is 0.667. The summed E-state index contributed by atoms with van der Waals surface area (Å²) in [7, 11) is 0. The predicted molar refractivity (Wildman–Crippen MR) is 88.8 cm³/mol. The van der Waals surface area contributed by atoms with Gasteiger partial charge in [-0.1, -0.05) is 6.07 Å². The zero-order chi connectivity index (χ0) is 16.5. The SMILES string of the molecule is CC(C)(N)C(=O)N1CCC2(CC1)CO[C@@H](Cc1cccnc1)C2. The fourth-order valence-corrected chi connectivity index (χ4v) is 3.75. The average molecular weight is 317 g/mol. The molecule has 1 amide bonds. The van der Waals surface area contributed by atoms with Crippen molar-refractivity contribution in [2.45, 2.75) is 51.2 Å². The molecular formula is C18H27N3O2. The summed E-state index contributed by atoms with van der Waals surface area (Å²) in [4.78, 5) is 18.4. The van der Waals surface area contributed by atoms with Gasteiger partial charge in [-0.15, -0.1) is 0 Å². The highest BCUT2D eigenvalue weighted by Gasteiger charge is 2.44. The van der Waals surface area contributed by atoms with E-state index in [1.165, 1.54) is 5.56 Å². The minimum atomic E-state index is -0.778. The molecule has 0 bridgehead atoms. The van der Waals surface area contributed by atoms with Gasteiger partial charge in [-0.2, -0.15) is 0 Å². The molecule has 5 heteroatoms. The van der Waals surface area contributed by atoms with Crippen molar-refractivity contribution in [2.24, 2.45) is 11.1 Å². The maximum atomic E-state index is 12.3. The van der Waals surface area contributed by atoms with Gasteiger partial charge in [-0.05, 0) is 50.2 Å². The molecule has 2 aliphatic heterocycles. The first kappa shape index (κ1) is 16.4. The number of aromatic nitrogens is 1. The normalized spacial score (nSPS) is 24.1. The van der Waals surface area contributed by atoms with Crippen molar-refractivity contribution < 1.29 is 9.53 Å². The summed E-state index contributed by atoms with van der Waals surface area (Å²) in [5.74, 6) is 0.0539. The van der Waals surface area contributed by atoms with Gasteiger partial charge in [0.05, 0.1) is 18.2 Å². The Morgan fingerprint density at radius 3 is 2.83 bits per heavy atom. The molecule has 2 N–H and O–H groups in total. The monoisotopic (exact) mass is 317 g/mol. The minimum Gasteiger partial charge on any atom is -0.377 e. The van der Waals surface area contributed by atoms with Gasteiger partial charge < -0.3 is 15.4 Å². The fourth-order valence-electron chi connectivity index (χ4n) is 3.75. The largest absolute Gasteiger partial charge is 0.377 e.